The molecule has 5 nitrogen and oxygen atoms in total. The Balaban J connectivity index is 1.93. The average Bonchev–Trinajstić information content (AvgIpc) is 3.27. The summed E-state index contributed by atoms with van der Waals surface area (Å²) < 4.78 is 28.4. The molecule has 0 spiro atoms. The third-order valence-corrected chi connectivity index (χ3v) is 5.35. The second-order valence-corrected chi connectivity index (χ2v) is 7.10. The standard InChI is InChI=1S/C20H13F2N3O2S/c1-25-19(26)18(28-20(25)27)17(14-9-23-24-10-14)12-4-2-3-11(5-12)13-6-15(21)8-16(22)7-13/h2-10,26H,1H3. The minimum absolute atomic E-state index is 0.173. The molecule has 1 aliphatic heterocycles. The predicted octanol–water partition coefficient (Wildman–Crippen LogP) is 3.97. The summed E-state index contributed by atoms with van der Waals surface area (Å²) >= 11 is 0.894. The maximum Gasteiger partial charge on any atom is 0.310 e. The van der Waals surface area contributed by atoms with Crippen molar-refractivity contribution in [2.45, 2.75) is 0 Å². The van der Waals surface area contributed by atoms with Crippen LogP contribution in [0.25, 0.3) is 16.7 Å². The summed E-state index contributed by atoms with van der Waals surface area (Å²) in [7, 11) is 1.47. The zero-order valence-electron chi connectivity index (χ0n) is 14.6. The molecule has 0 saturated carbocycles. The summed E-state index contributed by atoms with van der Waals surface area (Å²) in [6, 6.07) is 10.3. The highest BCUT2D eigenvalue weighted by Gasteiger charge is 2.21. The van der Waals surface area contributed by atoms with Gasteiger partial charge in [-0.05, 0) is 34.9 Å². The molecule has 2 heterocycles. The maximum absolute atomic E-state index is 13.6. The third kappa shape index (κ3) is 3.18. The van der Waals surface area contributed by atoms with Gasteiger partial charge in [-0.15, -0.1) is 0 Å². The minimum atomic E-state index is -0.673. The van der Waals surface area contributed by atoms with E-state index in [9.17, 15) is 18.7 Å². The molecular formula is C20H13F2N3O2S. The lowest BCUT2D eigenvalue weighted by atomic mass is 9.95. The minimum Gasteiger partial charge on any atom is -0.493 e. The largest absolute Gasteiger partial charge is 0.493 e. The molecule has 0 amide bonds. The van der Waals surface area contributed by atoms with Crippen molar-refractivity contribution < 1.29 is 13.9 Å². The number of halogens is 2. The van der Waals surface area contributed by atoms with Crippen LogP contribution in [-0.4, -0.2) is 22.1 Å². The van der Waals surface area contributed by atoms with E-state index in [0.717, 1.165) is 22.0 Å². The van der Waals surface area contributed by atoms with Crippen LogP contribution in [0.5, 0.6) is 5.88 Å². The molecule has 8 heteroatoms. The van der Waals surface area contributed by atoms with Gasteiger partial charge in [0.15, 0.2) is 0 Å². The van der Waals surface area contributed by atoms with E-state index < -0.39 is 11.6 Å². The SMILES string of the molecule is Cn1c(O)c(C(=C2C=NN=C2)c2cccc(-c3cc(F)cc(F)c3)c2)sc1=O. The van der Waals surface area contributed by atoms with Crippen LogP contribution in [-0.2, 0) is 7.05 Å². The summed E-state index contributed by atoms with van der Waals surface area (Å²) in [5.74, 6) is -1.52. The lowest BCUT2D eigenvalue weighted by molar-refractivity contribution is 0.428. The second-order valence-electron chi connectivity index (χ2n) is 6.14. The summed E-state index contributed by atoms with van der Waals surface area (Å²) in [5.41, 5.74) is 2.78. The summed E-state index contributed by atoms with van der Waals surface area (Å²) in [5, 5.41) is 18.1. The molecule has 0 aliphatic carbocycles. The predicted molar refractivity (Wildman–Crippen MR) is 106 cm³/mol. The number of hydrogen-bond acceptors (Lipinski definition) is 5. The number of nitrogens with zero attached hydrogens (tertiary/aromatic N) is 3. The Labute approximate surface area is 162 Å². The van der Waals surface area contributed by atoms with Crippen LogP contribution in [0.2, 0.25) is 0 Å². The van der Waals surface area contributed by atoms with Crippen LogP contribution in [0.1, 0.15) is 10.4 Å². The van der Waals surface area contributed by atoms with Gasteiger partial charge in [0, 0.05) is 24.3 Å². The van der Waals surface area contributed by atoms with Crippen molar-refractivity contribution in [2.24, 2.45) is 17.3 Å². The maximum atomic E-state index is 13.6. The van der Waals surface area contributed by atoms with E-state index in [1.807, 2.05) is 0 Å². The number of aromatic hydroxyl groups is 1. The van der Waals surface area contributed by atoms with Crippen LogP contribution in [0, 0.1) is 11.6 Å². The van der Waals surface area contributed by atoms with Crippen LogP contribution in [0.4, 0.5) is 8.78 Å². The van der Waals surface area contributed by atoms with Crippen LogP contribution >= 0.6 is 11.3 Å². The normalized spacial score (nSPS) is 12.8. The van der Waals surface area contributed by atoms with Gasteiger partial charge in [0.25, 0.3) is 0 Å². The Morgan fingerprint density at radius 2 is 1.71 bits per heavy atom. The fourth-order valence-corrected chi connectivity index (χ4v) is 3.92. The Hall–Kier alpha value is -3.39. The molecule has 140 valence electrons. The van der Waals surface area contributed by atoms with Gasteiger partial charge < -0.3 is 5.11 Å². The highest BCUT2D eigenvalue weighted by Crippen LogP contribution is 2.36. The Bertz CT molecular complexity index is 1200. The van der Waals surface area contributed by atoms with E-state index >= 15 is 0 Å². The van der Waals surface area contributed by atoms with Gasteiger partial charge in [-0.3, -0.25) is 9.36 Å². The van der Waals surface area contributed by atoms with Crippen molar-refractivity contribution in [3.05, 3.63) is 79.8 Å². The molecule has 0 fully saturated rings. The van der Waals surface area contributed by atoms with Crippen molar-refractivity contribution in [3.8, 4) is 17.0 Å². The quantitative estimate of drug-likeness (QED) is 0.727. The fourth-order valence-electron chi connectivity index (χ4n) is 2.96. The number of aromatic nitrogens is 1. The van der Waals surface area contributed by atoms with E-state index in [-0.39, 0.29) is 10.8 Å². The van der Waals surface area contributed by atoms with Gasteiger partial charge >= 0.3 is 4.87 Å². The van der Waals surface area contributed by atoms with Crippen LogP contribution < -0.4 is 4.87 Å². The van der Waals surface area contributed by atoms with Crippen molar-refractivity contribution >= 4 is 29.3 Å². The molecule has 1 N–H and O–H groups in total. The summed E-state index contributed by atoms with van der Waals surface area (Å²) in [6.07, 6.45) is 3.04. The highest BCUT2D eigenvalue weighted by atomic mass is 32.1. The Morgan fingerprint density at radius 1 is 1.04 bits per heavy atom. The van der Waals surface area contributed by atoms with Gasteiger partial charge in [-0.25, -0.2) is 8.78 Å². The third-order valence-electron chi connectivity index (χ3n) is 4.31. The number of thiazole rings is 1. The zero-order chi connectivity index (χ0) is 19.8. The Kier molecular flexibility index (Phi) is 4.48. The van der Waals surface area contributed by atoms with E-state index in [0.29, 0.717) is 32.7 Å². The number of hydrogen-bond donors (Lipinski definition) is 1. The zero-order valence-corrected chi connectivity index (χ0v) is 15.4. The van der Waals surface area contributed by atoms with Crippen molar-refractivity contribution in [2.75, 3.05) is 0 Å². The Morgan fingerprint density at radius 3 is 2.32 bits per heavy atom. The molecule has 1 aliphatic rings. The van der Waals surface area contributed by atoms with E-state index in [1.165, 1.54) is 31.6 Å². The number of rotatable bonds is 3. The van der Waals surface area contributed by atoms with Crippen molar-refractivity contribution in [1.82, 2.24) is 4.57 Å². The molecule has 0 atom stereocenters. The van der Waals surface area contributed by atoms with Gasteiger partial charge in [-0.2, -0.15) is 10.2 Å². The number of benzene rings is 2. The molecule has 1 aromatic heterocycles. The molecule has 3 aromatic rings. The van der Waals surface area contributed by atoms with Crippen molar-refractivity contribution in [1.29, 1.82) is 0 Å². The molecule has 0 unspecified atom stereocenters. The highest BCUT2D eigenvalue weighted by molar-refractivity contribution is 7.11. The van der Waals surface area contributed by atoms with Gasteiger partial charge in [0.2, 0.25) is 5.88 Å². The molecule has 0 saturated heterocycles. The van der Waals surface area contributed by atoms with Gasteiger partial charge in [0.05, 0.1) is 12.4 Å². The first-order chi connectivity index (χ1) is 13.4. The monoisotopic (exact) mass is 397 g/mol. The molecule has 0 radical (unpaired) electrons. The van der Waals surface area contributed by atoms with Crippen molar-refractivity contribution in [3.63, 3.8) is 0 Å². The summed E-state index contributed by atoms with van der Waals surface area (Å²) in [4.78, 5) is 12.1. The lowest BCUT2D eigenvalue weighted by Gasteiger charge is -2.11. The average molecular weight is 397 g/mol. The fraction of sp³-hybridized carbons (Fsp3) is 0.0500. The summed E-state index contributed by atoms with van der Waals surface area (Å²) in [6.45, 7) is 0. The first-order valence-electron chi connectivity index (χ1n) is 8.21. The first kappa shape index (κ1) is 18.0. The number of allylic oxidation sites excluding steroid dienone is 1. The first-order valence-corrected chi connectivity index (χ1v) is 9.02. The van der Waals surface area contributed by atoms with Crippen LogP contribution in [0.3, 0.4) is 0 Å². The molecule has 28 heavy (non-hydrogen) atoms. The van der Waals surface area contributed by atoms with E-state index in [4.69, 9.17) is 0 Å². The molecule has 0 bridgehead atoms. The molecule has 4 rings (SSSR count). The molecular weight excluding hydrogens is 384 g/mol. The second kappa shape index (κ2) is 6.97. The topological polar surface area (TPSA) is 66.9 Å². The smallest absolute Gasteiger partial charge is 0.310 e. The van der Waals surface area contributed by atoms with E-state index in [2.05, 4.69) is 10.2 Å². The lowest BCUT2D eigenvalue weighted by Crippen LogP contribution is -2.05. The van der Waals surface area contributed by atoms with Crippen LogP contribution in [0.15, 0.2) is 63.0 Å². The molecule has 2 aromatic carbocycles. The van der Waals surface area contributed by atoms with Gasteiger partial charge in [-0.1, -0.05) is 29.5 Å². The van der Waals surface area contributed by atoms with E-state index in [1.54, 1.807) is 24.3 Å². The van der Waals surface area contributed by atoms with Gasteiger partial charge in [0.1, 0.15) is 16.5 Å².